The zero-order valence-corrected chi connectivity index (χ0v) is 15.6. The summed E-state index contributed by atoms with van der Waals surface area (Å²) < 4.78 is 6.52. The summed E-state index contributed by atoms with van der Waals surface area (Å²) in [6, 6.07) is 7.11. The van der Waals surface area contributed by atoms with E-state index in [1.54, 1.807) is 31.4 Å². The summed E-state index contributed by atoms with van der Waals surface area (Å²) in [4.78, 5) is 15.3. The molecular formula is C13H13N2NaO4S2. The van der Waals surface area contributed by atoms with Crippen LogP contribution in [0.25, 0.3) is 0 Å². The summed E-state index contributed by atoms with van der Waals surface area (Å²) in [6.45, 7) is -0.381. The summed E-state index contributed by atoms with van der Waals surface area (Å²) in [5, 5.41) is 18.7. The number of rotatable bonds is 5. The van der Waals surface area contributed by atoms with Gasteiger partial charge in [-0.2, -0.15) is 0 Å². The minimum atomic E-state index is -1.07. The Balaban J connectivity index is 0.00000242. The molecule has 1 aromatic heterocycles. The number of aromatic hydroxyl groups is 1. The van der Waals surface area contributed by atoms with Crippen LogP contribution in [-0.2, 0) is 11.3 Å². The molecule has 0 saturated carbocycles. The van der Waals surface area contributed by atoms with Crippen molar-refractivity contribution in [3.63, 3.8) is 0 Å². The number of aromatic nitrogens is 1. The number of thiazole rings is 1. The van der Waals surface area contributed by atoms with Crippen LogP contribution >= 0.6 is 23.6 Å². The molecule has 0 fully saturated rings. The van der Waals surface area contributed by atoms with Gasteiger partial charge in [0.05, 0.1) is 19.0 Å². The molecule has 2 N–H and O–H groups in total. The molecule has 1 aromatic carbocycles. The van der Waals surface area contributed by atoms with Crippen molar-refractivity contribution in [3.8, 4) is 11.6 Å². The molecule has 0 bridgehead atoms. The van der Waals surface area contributed by atoms with Crippen molar-refractivity contribution in [1.82, 2.24) is 4.57 Å². The quantitative estimate of drug-likeness (QED) is 0.450. The molecule has 0 atom stereocenters. The van der Waals surface area contributed by atoms with E-state index in [1.807, 2.05) is 0 Å². The van der Waals surface area contributed by atoms with Gasteiger partial charge >= 0.3 is 35.5 Å². The van der Waals surface area contributed by atoms with Gasteiger partial charge in [-0.15, -0.1) is 0 Å². The van der Waals surface area contributed by atoms with Crippen molar-refractivity contribution in [2.24, 2.45) is 4.99 Å². The number of carboxylic acid groups (broad SMARTS) is 1. The molecule has 0 aliphatic rings. The van der Waals surface area contributed by atoms with Crippen LogP contribution in [0.3, 0.4) is 0 Å². The van der Waals surface area contributed by atoms with Gasteiger partial charge in [-0.1, -0.05) is 17.4 Å². The van der Waals surface area contributed by atoms with Crippen LogP contribution in [0.15, 0.2) is 29.3 Å². The first-order chi connectivity index (χ1) is 10.0. The number of aliphatic carboxylic acids is 1. The smallest absolute Gasteiger partial charge is 1.00 e. The number of ether oxygens (including phenoxy) is 1. The monoisotopic (exact) mass is 348 g/mol. The van der Waals surface area contributed by atoms with Crippen LogP contribution in [0.1, 0.15) is 6.30 Å². The zero-order chi connectivity index (χ0) is 15.4. The summed E-state index contributed by atoms with van der Waals surface area (Å²) in [5.74, 6) is -0.598. The van der Waals surface area contributed by atoms with Gasteiger partial charge in [-0.05, 0) is 24.4 Å². The molecule has 0 saturated heterocycles. The van der Waals surface area contributed by atoms with Gasteiger partial charge in [-0.3, -0.25) is 14.4 Å². The van der Waals surface area contributed by atoms with Crippen LogP contribution in [0.5, 0.6) is 11.6 Å². The third-order valence-corrected chi connectivity index (χ3v) is 3.94. The minimum absolute atomic E-state index is 0. The number of methoxy groups -OCH3 is 1. The number of carbonyl (C=O) groups is 1. The molecule has 112 valence electrons. The molecule has 22 heavy (non-hydrogen) atoms. The molecule has 2 aromatic rings. The maximum absolute atomic E-state index is 10.7. The van der Waals surface area contributed by atoms with E-state index >= 15 is 0 Å². The van der Waals surface area contributed by atoms with Crippen molar-refractivity contribution < 1.29 is 50.7 Å². The number of hydrogen-bond acceptors (Lipinski definition) is 6. The number of benzene rings is 1. The first-order valence-electron chi connectivity index (χ1n) is 5.83. The Bertz CT molecular complexity index is 761. The number of aliphatic imine (C=N–C) groups is 1. The predicted molar refractivity (Wildman–Crippen MR) is 83.8 cm³/mol. The van der Waals surface area contributed by atoms with Crippen LogP contribution < -0.4 is 34.3 Å². The van der Waals surface area contributed by atoms with Crippen molar-refractivity contribution >= 4 is 41.4 Å². The molecular weight excluding hydrogens is 335 g/mol. The SMILES string of the molecule is COc1cccc(N=Cc2sc(=S)n(CC(=O)O)c2O)c1.[H-].[Na+]. The molecule has 0 unspecified atom stereocenters. The van der Waals surface area contributed by atoms with E-state index in [1.165, 1.54) is 6.21 Å². The molecule has 0 spiro atoms. The second-order valence-corrected chi connectivity index (χ2v) is 5.67. The van der Waals surface area contributed by atoms with Gasteiger partial charge in [0.1, 0.15) is 17.2 Å². The van der Waals surface area contributed by atoms with E-state index in [-0.39, 0.29) is 47.4 Å². The van der Waals surface area contributed by atoms with E-state index in [0.29, 0.717) is 16.3 Å². The van der Waals surface area contributed by atoms with E-state index in [9.17, 15) is 9.90 Å². The Morgan fingerprint density at radius 3 is 2.95 bits per heavy atom. The minimum Gasteiger partial charge on any atom is -1.00 e. The maximum atomic E-state index is 10.7. The van der Waals surface area contributed by atoms with E-state index in [2.05, 4.69) is 4.99 Å². The average molecular weight is 348 g/mol. The zero-order valence-electron chi connectivity index (χ0n) is 13.0. The van der Waals surface area contributed by atoms with Crippen molar-refractivity contribution in [2.75, 3.05) is 7.11 Å². The van der Waals surface area contributed by atoms with E-state index < -0.39 is 5.97 Å². The fourth-order valence-corrected chi connectivity index (χ4v) is 2.77. The van der Waals surface area contributed by atoms with Gasteiger partial charge in [0, 0.05) is 6.07 Å². The Labute approximate surface area is 159 Å². The summed E-state index contributed by atoms with van der Waals surface area (Å²) in [6.07, 6.45) is 1.45. The molecule has 2 rings (SSSR count). The van der Waals surface area contributed by atoms with Gasteiger partial charge in [0.2, 0.25) is 5.88 Å². The third kappa shape index (κ3) is 4.65. The van der Waals surface area contributed by atoms with E-state index in [0.717, 1.165) is 15.9 Å². The maximum Gasteiger partial charge on any atom is 1.00 e. The summed E-state index contributed by atoms with van der Waals surface area (Å²) in [7, 11) is 1.56. The fraction of sp³-hybridized carbons (Fsp3) is 0.154. The third-order valence-electron chi connectivity index (χ3n) is 2.57. The molecule has 6 nitrogen and oxygen atoms in total. The molecule has 1 heterocycles. The van der Waals surface area contributed by atoms with E-state index in [4.69, 9.17) is 22.1 Å². The normalized spacial score (nSPS) is 10.4. The topological polar surface area (TPSA) is 84.1 Å². The first-order valence-corrected chi connectivity index (χ1v) is 7.06. The first kappa shape index (κ1) is 18.9. The van der Waals surface area contributed by atoms with Crippen LogP contribution in [0.2, 0.25) is 0 Å². The van der Waals surface area contributed by atoms with Gasteiger partial charge in [-0.25, -0.2) is 0 Å². The Morgan fingerprint density at radius 1 is 1.59 bits per heavy atom. The fourth-order valence-electron chi connectivity index (χ4n) is 1.60. The average Bonchev–Trinajstić information content (AvgIpc) is 2.72. The molecule has 0 aliphatic carbocycles. The van der Waals surface area contributed by atoms with Crippen LogP contribution in [0, 0.1) is 3.95 Å². The number of hydrogen-bond donors (Lipinski definition) is 2. The van der Waals surface area contributed by atoms with Crippen molar-refractivity contribution in [3.05, 3.63) is 33.1 Å². The van der Waals surface area contributed by atoms with Crippen LogP contribution in [0.4, 0.5) is 5.69 Å². The number of nitrogens with zero attached hydrogens (tertiary/aromatic N) is 2. The molecule has 0 aliphatic heterocycles. The van der Waals surface area contributed by atoms with Gasteiger partial charge in [0.25, 0.3) is 0 Å². The van der Waals surface area contributed by atoms with Crippen molar-refractivity contribution in [2.45, 2.75) is 6.54 Å². The second-order valence-electron chi connectivity index (χ2n) is 4.00. The Hall–Kier alpha value is -1.19. The standard InChI is InChI=1S/C13H12N2O4S2.Na.H/c1-19-9-4-2-3-8(5-9)14-6-10-12(18)15(7-11(16)17)13(20)21-10;;/h2-6,18H,7H2,1H3,(H,16,17);;/q;+1;-1. The largest absolute Gasteiger partial charge is 1.00 e. The van der Waals surface area contributed by atoms with Crippen LogP contribution in [-0.4, -0.2) is 34.1 Å². The molecule has 0 amide bonds. The van der Waals surface area contributed by atoms with Gasteiger partial charge in [0.15, 0.2) is 3.95 Å². The molecule has 9 heteroatoms. The second kappa shape index (κ2) is 8.44. The Morgan fingerprint density at radius 2 is 2.32 bits per heavy atom. The Kier molecular flexibility index (Phi) is 7.24. The predicted octanol–water partition coefficient (Wildman–Crippen LogP) is -0.0550. The molecule has 0 radical (unpaired) electrons. The summed E-state index contributed by atoms with van der Waals surface area (Å²) >= 11 is 6.12. The summed E-state index contributed by atoms with van der Waals surface area (Å²) in [5.41, 5.74) is 0.651. The van der Waals surface area contributed by atoms with Crippen molar-refractivity contribution in [1.29, 1.82) is 0 Å². The van der Waals surface area contributed by atoms with Gasteiger partial charge < -0.3 is 16.4 Å². The number of carboxylic acids is 1.